The van der Waals surface area contributed by atoms with Gasteiger partial charge in [0.15, 0.2) is 0 Å². The molecule has 1 aromatic heterocycles. The summed E-state index contributed by atoms with van der Waals surface area (Å²) in [6.07, 6.45) is 3.32. The molecule has 17 heavy (non-hydrogen) atoms. The van der Waals surface area contributed by atoms with Gasteiger partial charge in [0.1, 0.15) is 0 Å². The van der Waals surface area contributed by atoms with Gasteiger partial charge < -0.3 is 15.3 Å². The molecule has 0 aromatic carbocycles. The van der Waals surface area contributed by atoms with E-state index in [1.165, 1.54) is 0 Å². The minimum Gasteiger partial charge on any atom is -0.394 e. The molecule has 0 saturated heterocycles. The highest BCUT2D eigenvalue weighted by molar-refractivity contribution is 5.19. The summed E-state index contributed by atoms with van der Waals surface area (Å²) in [5.74, 6) is 0. The molecule has 2 N–H and O–H groups in total. The van der Waals surface area contributed by atoms with Gasteiger partial charge in [-0.1, -0.05) is 0 Å². The smallest absolute Gasteiger partial charge is 0.0837 e. The summed E-state index contributed by atoms with van der Waals surface area (Å²) in [4.78, 5) is 10.6. The van der Waals surface area contributed by atoms with Gasteiger partial charge in [0, 0.05) is 25.5 Å². The number of nitrogens with one attached hydrogen (secondary N) is 1. The summed E-state index contributed by atoms with van der Waals surface area (Å²) in [7, 11) is 4.04. The van der Waals surface area contributed by atoms with Crippen molar-refractivity contribution in [3.8, 4) is 0 Å². The molecule has 0 amide bonds. The van der Waals surface area contributed by atoms with Crippen LogP contribution in [0.3, 0.4) is 0 Å². The van der Waals surface area contributed by atoms with E-state index in [-0.39, 0.29) is 6.61 Å². The van der Waals surface area contributed by atoms with Gasteiger partial charge in [-0.25, -0.2) is 0 Å². The molecule has 96 valence electrons. The van der Waals surface area contributed by atoms with E-state index in [0.717, 1.165) is 24.5 Å². The van der Waals surface area contributed by atoms with Gasteiger partial charge in [-0.2, -0.15) is 0 Å². The predicted octanol–water partition coefficient (Wildman–Crippen LogP) is 0.144. The molecular formula is C12H22N4O. The van der Waals surface area contributed by atoms with Crippen molar-refractivity contribution in [1.82, 2.24) is 20.2 Å². The number of nitrogens with zero attached hydrogens (tertiary/aromatic N) is 3. The Bertz CT molecular complexity index is 356. The van der Waals surface area contributed by atoms with Crippen LogP contribution in [0.1, 0.15) is 18.3 Å². The molecule has 0 fully saturated rings. The summed E-state index contributed by atoms with van der Waals surface area (Å²) in [6.45, 7) is 5.55. The Hall–Kier alpha value is -1.04. The van der Waals surface area contributed by atoms with E-state index in [1.807, 2.05) is 27.9 Å². The topological polar surface area (TPSA) is 61.3 Å². The number of rotatable bonds is 6. The fourth-order valence-electron chi connectivity index (χ4n) is 1.72. The molecule has 1 unspecified atom stereocenters. The van der Waals surface area contributed by atoms with Crippen molar-refractivity contribution >= 4 is 0 Å². The van der Waals surface area contributed by atoms with Crippen LogP contribution in [0, 0.1) is 6.92 Å². The van der Waals surface area contributed by atoms with Crippen LogP contribution in [0.5, 0.6) is 0 Å². The Morgan fingerprint density at radius 1 is 1.35 bits per heavy atom. The van der Waals surface area contributed by atoms with Gasteiger partial charge in [-0.05, 0) is 27.9 Å². The van der Waals surface area contributed by atoms with Gasteiger partial charge in [-0.3, -0.25) is 9.97 Å². The molecule has 0 aliphatic rings. The summed E-state index contributed by atoms with van der Waals surface area (Å²) in [5, 5.41) is 12.9. The van der Waals surface area contributed by atoms with E-state index in [0.29, 0.717) is 0 Å². The van der Waals surface area contributed by atoms with E-state index in [2.05, 4.69) is 20.2 Å². The number of aliphatic hydroxyl groups excluding tert-OH is 1. The number of aliphatic hydroxyl groups is 1. The van der Waals surface area contributed by atoms with Crippen LogP contribution in [-0.2, 0) is 5.54 Å². The van der Waals surface area contributed by atoms with Crippen LogP contribution in [0.25, 0.3) is 0 Å². The van der Waals surface area contributed by atoms with Crippen molar-refractivity contribution in [3.05, 3.63) is 23.8 Å². The third kappa shape index (κ3) is 3.73. The maximum absolute atomic E-state index is 9.58. The molecule has 5 nitrogen and oxygen atoms in total. The molecule has 0 bridgehead atoms. The van der Waals surface area contributed by atoms with Gasteiger partial charge in [-0.15, -0.1) is 0 Å². The number of hydrogen-bond acceptors (Lipinski definition) is 5. The van der Waals surface area contributed by atoms with Gasteiger partial charge >= 0.3 is 0 Å². The van der Waals surface area contributed by atoms with Crippen LogP contribution in [-0.4, -0.2) is 53.8 Å². The standard InChI is InChI=1S/C12H22N4O/c1-10-11(14-6-5-13-10)12(2,9-17)15-7-8-16(3)4/h5-6,15,17H,7-9H2,1-4H3. The highest BCUT2D eigenvalue weighted by atomic mass is 16.3. The fourth-order valence-corrected chi connectivity index (χ4v) is 1.72. The molecule has 0 saturated carbocycles. The van der Waals surface area contributed by atoms with Crippen molar-refractivity contribution in [2.75, 3.05) is 33.8 Å². The van der Waals surface area contributed by atoms with Crippen LogP contribution < -0.4 is 5.32 Å². The molecule has 1 aromatic rings. The molecule has 0 aliphatic heterocycles. The fraction of sp³-hybridized carbons (Fsp3) is 0.667. The summed E-state index contributed by atoms with van der Waals surface area (Å²) in [6, 6.07) is 0. The van der Waals surface area contributed by atoms with Crippen molar-refractivity contribution in [1.29, 1.82) is 0 Å². The monoisotopic (exact) mass is 238 g/mol. The van der Waals surface area contributed by atoms with E-state index in [4.69, 9.17) is 0 Å². The molecule has 0 spiro atoms. The highest BCUT2D eigenvalue weighted by Gasteiger charge is 2.28. The maximum atomic E-state index is 9.58. The minimum atomic E-state index is -0.533. The summed E-state index contributed by atoms with van der Waals surface area (Å²) < 4.78 is 0. The van der Waals surface area contributed by atoms with Gasteiger partial charge in [0.05, 0.1) is 23.5 Å². The van der Waals surface area contributed by atoms with E-state index in [9.17, 15) is 5.11 Å². The molecule has 1 heterocycles. The Balaban J connectivity index is 2.78. The van der Waals surface area contributed by atoms with Crippen LogP contribution in [0.15, 0.2) is 12.4 Å². The van der Waals surface area contributed by atoms with E-state index in [1.54, 1.807) is 12.4 Å². The number of aryl methyl sites for hydroxylation is 1. The predicted molar refractivity (Wildman–Crippen MR) is 67.8 cm³/mol. The second-order valence-electron chi connectivity index (χ2n) is 4.71. The van der Waals surface area contributed by atoms with E-state index >= 15 is 0 Å². The maximum Gasteiger partial charge on any atom is 0.0837 e. The molecule has 1 atom stereocenters. The van der Waals surface area contributed by atoms with Crippen molar-refractivity contribution in [2.45, 2.75) is 19.4 Å². The average Bonchev–Trinajstić information content (AvgIpc) is 2.29. The van der Waals surface area contributed by atoms with Gasteiger partial charge in [0.25, 0.3) is 0 Å². The lowest BCUT2D eigenvalue weighted by atomic mass is 9.97. The van der Waals surface area contributed by atoms with Gasteiger partial charge in [0.2, 0.25) is 0 Å². The van der Waals surface area contributed by atoms with Crippen molar-refractivity contribution in [3.63, 3.8) is 0 Å². The van der Waals surface area contributed by atoms with Crippen molar-refractivity contribution in [2.24, 2.45) is 0 Å². The number of hydrogen-bond donors (Lipinski definition) is 2. The first kappa shape index (κ1) is 14.0. The summed E-state index contributed by atoms with van der Waals surface area (Å²) in [5.41, 5.74) is 1.12. The van der Waals surface area contributed by atoms with Crippen molar-refractivity contribution < 1.29 is 5.11 Å². The molecule has 0 aliphatic carbocycles. The quantitative estimate of drug-likeness (QED) is 0.738. The Labute approximate surface area is 103 Å². The Morgan fingerprint density at radius 3 is 2.53 bits per heavy atom. The number of likely N-dealkylation sites (N-methyl/N-ethyl adjacent to an activating group) is 1. The van der Waals surface area contributed by atoms with Crippen LogP contribution in [0.2, 0.25) is 0 Å². The Morgan fingerprint density at radius 2 is 2.00 bits per heavy atom. The average molecular weight is 238 g/mol. The van der Waals surface area contributed by atoms with E-state index < -0.39 is 5.54 Å². The second-order valence-corrected chi connectivity index (χ2v) is 4.71. The van der Waals surface area contributed by atoms with Crippen LogP contribution >= 0.6 is 0 Å². The lowest BCUT2D eigenvalue weighted by molar-refractivity contribution is 0.167. The molecule has 1 rings (SSSR count). The first-order chi connectivity index (χ1) is 7.99. The first-order valence-electron chi connectivity index (χ1n) is 5.78. The highest BCUT2D eigenvalue weighted by Crippen LogP contribution is 2.19. The molecule has 5 heteroatoms. The lowest BCUT2D eigenvalue weighted by Gasteiger charge is -2.29. The third-order valence-electron chi connectivity index (χ3n) is 2.79. The lowest BCUT2D eigenvalue weighted by Crippen LogP contribution is -2.46. The third-order valence-corrected chi connectivity index (χ3v) is 2.79. The second kappa shape index (κ2) is 6.05. The molecule has 0 radical (unpaired) electrons. The first-order valence-corrected chi connectivity index (χ1v) is 5.78. The SMILES string of the molecule is Cc1nccnc1C(C)(CO)NCCN(C)C. The minimum absolute atomic E-state index is 0.0000378. The zero-order chi connectivity index (χ0) is 12.9. The Kier molecular flexibility index (Phi) is 4.99. The molecular weight excluding hydrogens is 216 g/mol. The normalized spacial score (nSPS) is 14.9. The van der Waals surface area contributed by atoms with Crippen LogP contribution in [0.4, 0.5) is 0 Å². The zero-order valence-electron chi connectivity index (χ0n) is 11.1. The zero-order valence-corrected chi connectivity index (χ0v) is 11.1. The summed E-state index contributed by atoms with van der Waals surface area (Å²) >= 11 is 0. The largest absolute Gasteiger partial charge is 0.394 e. The number of aromatic nitrogens is 2.